The van der Waals surface area contributed by atoms with E-state index in [0.717, 1.165) is 22.2 Å². The lowest BCUT2D eigenvalue weighted by Gasteiger charge is -2.34. The molecule has 1 aromatic heterocycles. The minimum absolute atomic E-state index is 0.0660. The van der Waals surface area contributed by atoms with Gasteiger partial charge in [-0.25, -0.2) is 8.42 Å². The predicted octanol–water partition coefficient (Wildman–Crippen LogP) is 2.20. The van der Waals surface area contributed by atoms with Crippen molar-refractivity contribution < 1.29 is 23.1 Å². The molecule has 0 aliphatic carbocycles. The molecule has 8 nitrogen and oxygen atoms in total. The van der Waals surface area contributed by atoms with E-state index in [1.54, 1.807) is 25.0 Å². The highest BCUT2D eigenvalue weighted by molar-refractivity contribution is 7.89. The number of carbonyl (C=O) groups excluding carboxylic acids is 1. The summed E-state index contributed by atoms with van der Waals surface area (Å²) in [4.78, 5) is 14.4. The van der Waals surface area contributed by atoms with Crippen LogP contribution in [0, 0.1) is 6.92 Å². The van der Waals surface area contributed by atoms with E-state index >= 15 is 0 Å². The Hall–Kier alpha value is -3.04. The van der Waals surface area contributed by atoms with E-state index in [1.807, 2.05) is 35.0 Å². The number of hydrogen-bond donors (Lipinski definition) is 1. The molecule has 0 spiro atoms. The van der Waals surface area contributed by atoms with Gasteiger partial charge in [0.05, 0.1) is 7.11 Å². The molecule has 0 saturated carbocycles. The topological polar surface area (TPSA) is 92.1 Å². The van der Waals surface area contributed by atoms with Crippen LogP contribution in [0.25, 0.3) is 10.9 Å². The van der Waals surface area contributed by atoms with Gasteiger partial charge in [0.15, 0.2) is 0 Å². The maximum Gasteiger partial charge on any atom is 0.246 e. The first-order chi connectivity index (χ1) is 14.8. The van der Waals surface area contributed by atoms with E-state index < -0.39 is 10.0 Å². The minimum atomic E-state index is -3.82. The van der Waals surface area contributed by atoms with Crippen molar-refractivity contribution in [2.45, 2.75) is 18.4 Å². The second-order valence-corrected chi connectivity index (χ2v) is 9.53. The maximum absolute atomic E-state index is 12.9. The zero-order chi connectivity index (χ0) is 22.2. The number of aryl methyl sites for hydroxylation is 1. The molecule has 2 aromatic carbocycles. The number of aromatic nitrogens is 1. The maximum atomic E-state index is 12.9. The molecule has 31 heavy (non-hydrogen) atoms. The van der Waals surface area contributed by atoms with Crippen molar-refractivity contribution in [2.75, 3.05) is 33.3 Å². The number of benzene rings is 2. The van der Waals surface area contributed by atoms with E-state index in [-0.39, 0.29) is 36.2 Å². The van der Waals surface area contributed by atoms with E-state index in [4.69, 9.17) is 4.74 Å². The van der Waals surface area contributed by atoms with Crippen molar-refractivity contribution in [3.8, 4) is 11.5 Å². The number of methoxy groups -OCH3 is 1. The number of rotatable bonds is 5. The minimum Gasteiger partial charge on any atom is -0.507 e. The normalized spacial score (nSPS) is 15.4. The number of piperazine rings is 1. The first kappa shape index (κ1) is 21.2. The molecule has 1 saturated heterocycles. The summed E-state index contributed by atoms with van der Waals surface area (Å²) < 4.78 is 34.3. The number of carbonyl (C=O) groups is 1. The Labute approximate surface area is 181 Å². The number of ether oxygens (including phenoxy) is 1. The highest BCUT2D eigenvalue weighted by atomic mass is 32.2. The summed E-state index contributed by atoms with van der Waals surface area (Å²) >= 11 is 0. The lowest BCUT2D eigenvalue weighted by atomic mass is 10.2. The van der Waals surface area contributed by atoms with Gasteiger partial charge < -0.3 is 19.3 Å². The summed E-state index contributed by atoms with van der Waals surface area (Å²) in [6, 6.07) is 12.1. The van der Waals surface area contributed by atoms with Crippen LogP contribution in [0.3, 0.4) is 0 Å². The van der Waals surface area contributed by atoms with Crippen LogP contribution in [0.1, 0.15) is 5.56 Å². The zero-order valence-corrected chi connectivity index (χ0v) is 18.3. The third-order valence-electron chi connectivity index (χ3n) is 5.61. The molecule has 2 heterocycles. The molecule has 4 rings (SSSR count). The fourth-order valence-electron chi connectivity index (χ4n) is 3.83. The number of aromatic hydroxyl groups is 1. The molecule has 3 aromatic rings. The van der Waals surface area contributed by atoms with Crippen molar-refractivity contribution >= 4 is 26.8 Å². The summed E-state index contributed by atoms with van der Waals surface area (Å²) in [5.74, 6) is 0.428. The highest BCUT2D eigenvalue weighted by Gasteiger charge is 2.32. The molecule has 164 valence electrons. The predicted molar refractivity (Wildman–Crippen MR) is 117 cm³/mol. The van der Waals surface area contributed by atoms with Gasteiger partial charge in [-0.15, -0.1) is 0 Å². The highest BCUT2D eigenvalue weighted by Crippen LogP contribution is 2.27. The van der Waals surface area contributed by atoms with Crippen molar-refractivity contribution in [3.05, 3.63) is 54.2 Å². The molecule has 1 amide bonds. The lowest BCUT2D eigenvalue weighted by Crippen LogP contribution is -2.51. The summed E-state index contributed by atoms with van der Waals surface area (Å²) in [5, 5.41) is 11.0. The van der Waals surface area contributed by atoms with Crippen LogP contribution in [0.5, 0.6) is 11.5 Å². The Morgan fingerprint density at radius 2 is 1.81 bits per heavy atom. The molecule has 0 unspecified atom stereocenters. The van der Waals surface area contributed by atoms with Gasteiger partial charge in [0.25, 0.3) is 0 Å². The number of sulfonamides is 1. The number of hydrogen-bond acceptors (Lipinski definition) is 5. The molecule has 0 radical (unpaired) electrons. The molecule has 0 bridgehead atoms. The van der Waals surface area contributed by atoms with Crippen molar-refractivity contribution in [2.24, 2.45) is 0 Å². The fraction of sp³-hybridized carbons (Fsp3) is 0.318. The number of phenols is 1. The van der Waals surface area contributed by atoms with Gasteiger partial charge in [-0.1, -0.05) is 6.07 Å². The Morgan fingerprint density at radius 3 is 2.52 bits per heavy atom. The van der Waals surface area contributed by atoms with Crippen molar-refractivity contribution in [3.63, 3.8) is 0 Å². The van der Waals surface area contributed by atoms with Crippen LogP contribution >= 0.6 is 0 Å². The van der Waals surface area contributed by atoms with E-state index in [9.17, 15) is 18.3 Å². The Bertz CT molecular complexity index is 1230. The largest absolute Gasteiger partial charge is 0.507 e. The number of nitrogens with zero attached hydrogens (tertiary/aromatic N) is 3. The SMILES string of the molecule is COc1ccc2c(ccn2CC(=O)N2CCN(S(=O)(=O)c3cc(C)ccc3O)CC2)c1. The molecule has 0 atom stereocenters. The number of fused-ring (bicyclic) bond motifs is 1. The van der Waals surface area contributed by atoms with E-state index in [2.05, 4.69) is 0 Å². The van der Waals surface area contributed by atoms with Gasteiger partial charge >= 0.3 is 0 Å². The quantitative estimate of drug-likeness (QED) is 0.653. The van der Waals surface area contributed by atoms with Gasteiger partial charge in [-0.2, -0.15) is 4.31 Å². The second-order valence-electron chi connectivity index (χ2n) is 7.62. The van der Waals surface area contributed by atoms with E-state index in [1.165, 1.54) is 16.4 Å². The van der Waals surface area contributed by atoms with Crippen molar-refractivity contribution in [1.82, 2.24) is 13.8 Å². The zero-order valence-electron chi connectivity index (χ0n) is 17.5. The summed E-state index contributed by atoms with van der Waals surface area (Å²) in [6.45, 7) is 2.93. The monoisotopic (exact) mass is 443 g/mol. The average molecular weight is 444 g/mol. The van der Waals surface area contributed by atoms with E-state index in [0.29, 0.717) is 13.1 Å². The smallest absolute Gasteiger partial charge is 0.246 e. The standard InChI is InChI=1S/C22H25N3O5S/c1-16-3-6-20(26)21(13-16)31(28,29)25-11-9-23(10-12-25)22(27)15-24-8-7-17-14-18(30-2)4-5-19(17)24/h3-8,13-14,26H,9-12,15H2,1-2H3. The van der Waals surface area contributed by atoms with Crippen LogP contribution in [0.4, 0.5) is 0 Å². The third kappa shape index (κ3) is 4.11. The van der Waals surface area contributed by atoms with Gasteiger partial charge in [0, 0.05) is 43.3 Å². The summed E-state index contributed by atoms with van der Waals surface area (Å²) in [6.07, 6.45) is 1.86. The number of phenolic OH excluding ortho intramolecular Hbond substituents is 1. The van der Waals surface area contributed by atoms with Crippen molar-refractivity contribution in [1.29, 1.82) is 0 Å². The van der Waals surface area contributed by atoms with Crippen LogP contribution in [0.2, 0.25) is 0 Å². The summed E-state index contributed by atoms with van der Waals surface area (Å²) in [7, 11) is -2.21. The Kier molecular flexibility index (Phi) is 5.63. The molecule has 1 fully saturated rings. The van der Waals surface area contributed by atoms with Gasteiger partial charge in [-0.05, 0) is 48.9 Å². The lowest BCUT2D eigenvalue weighted by molar-refractivity contribution is -0.132. The average Bonchev–Trinajstić information content (AvgIpc) is 3.17. The third-order valence-corrected chi connectivity index (χ3v) is 7.54. The fourth-order valence-corrected chi connectivity index (χ4v) is 5.42. The first-order valence-corrected chi connectivity index (χ1v) is 11.4. The van der Waals surface area contributed by atoms with Crippen LogP contribution in [0.15, 0.2) is 53.6 Å². The second kappa shape index (κ2) is 8.24. The molecule has 1 N–H and O–H groups in total. The molecule has 9 heteroatoms. The molecule has 1 aliphatic rings. The molecular weight excluding hydrogens is 418 g/mol. The molecular formula is C22H25N3O5S. The van der Waals surface area contributed by atoms with Gasteiger partial charge in [0.2, 0.25) is 15.9 Å². The van der Waals surface area contributed by atoms with Gasteiger partial charge in [0.1, 0.15) is 22.9 Å². The van der Waals surface area contributed by atoms with Gasteiger partial charge in [-0.3, -0.25) is 4.79 Å². The van der Waals surface area contributed by atoms with Crippen LogP contribution < -0.4 is 4.74 Å². The van der Waals surface area contributed by atoms with Crippen LogP contribution in [-0.2, 0) is 21.4 Å². The number of amides is 1. The molecule has 1 aliphatic heterocycles. The first-order valence-electron chi connectivity index (χ1n) is 10.00. The van der Waals surface area contributed by atoms with Crippen LogP contribution in [-0.4, -0.2) is 66.5 Å². The Morgan fingerprint density at radius 1 is 1.06 bits per heavy atom. The summed E-state index contributed by atoms with van der Waals surface area (Å²) in [5.41, 5.74) is 1.69. The Balaban J connectivity index is 1.43.